The Morgan fingerprint density at radius 3 is 2.00 bits per heavy atom. The van der Waals surface area contributed by atoms with E-state index in [0.717, 1.165) is 17.0 Å². The van der Waals surface area contributed by atoms with E-state index in [1.807, 2.05) is 19.9 Å². The summed E-state index contributed by atoms with van der Waals surface area (Å²) in [5, 5.41) is 9.37. The molecule has 128 valence electrons. The van der Waals surface area contributed by atoms with Gasteiger partial charge in [-0.1, -0.05) is 0 Å². The minimum Gasteiger partial charge on any atom is -0.384 e. The molecule has 1 aliphatic rings. The van der Waals surface area contributed by atoms with E-state index in [9.17, 15) is 14.7 Å². The lowest BCUT2D eigenvalue weighted by molar-refractivity contribution is -0.140. The highest BCUT2D eigenvalue weighted by atomic mass is 16.3. The Labute approximate surface area is 137 Å². The Bertz CT molecular complexity index is 596. The standard InChI is InChI=1S/C17H27N3O3/c1-11(2)20-12(3)10-15(13(20)4)17(23)19-8-6-18(7-9-19)16(22)14(5)21/h10-11,14,21H,6-9H2,1-5H3. The number of carbonyl (C=O) groups excluding carboxylic acids is 2. The van der Waals surface area contributed by atoms with Gasteiger partial charge in [-0.3, -0.25) is 9.59 Å². The van der Waals surface area contributed by atoms with Crippen LogP contribution in [-0.2, 0) is 4.79 Å². The molecule has 1 fully saturated rings. The quantitative estimate of drug-likeness (QED) is 0.914. The Morgan fingerprint density at radius 2 is 1.57 bits per heavy atom. The van der Waals surface area contributed by atoms with Crippen molar-refractivity contribution in [3.63, 3.8) is 0 Å². The second kappa shape index (κ2) is 6.74. The van der Waals surface area contributed by atoms with Crippen molar-refractivity contribution >= 4 is 11.8 Å². The first kappa shape index (κ1) is 17.5. The number of aromatic nitrogens is 1. The van der Waals surface area contributed by atoms with Crippen LogP contribution in [0.25, 0.3) is 0 Å². The second-order valence-electron chi connectivity index (χ2n) is 6.54. The number of aliphatic hydroxyl groups excluding tert-OH is 1. The van der Waals surface area contributed by atoms with Crippen LogP contribution in [0.4, 0.5) is 0 Å². The summed E-state index contributed by atoms with van der Waals surface area (Å²) in [5.74, 6) is -0.246. The normalized spacial score (nSPS) is 16.8. The van der Waals surface area contributed by atoms with E-state index in [4.69, 9.17) is 0 Å². The average Bonchev–Trinajstić information content (AvgIpc) is 2.80. The Balaban J connectivity index is 2.09. The highest BCUT2D eigenvalue weighted by molar-refractivity contribution is 5.96. The largest absolute Gasteiger partial charge is 0.384 e. The molecule has 1 N–H and O–H groups in total. The molecule has 1 saturated heterocycles. The summed E-state index contributed by atoms with van der Waals surface area (Å²) in [6, 6.07) is 2.27. The van der Waals surface area contributed by atoms with Gasteiger partial charge in [0.25, 0.3) is 11.8 Å². The Morgan fingerprint density at radius 1 is 1.04 bits per heavy atom. The number of hydrogen-bond donors (Lipinski definition) is 1. The monoisotopic (exact) mass is 321 g/mol. The molecule has 1 atom stereocenters. The zero-order chi connectivity index (χ0) is 17.3. The van der Waals surface area contributed by atoms with E-state index < -0.39 is 6.10 Å². The molecule has 1 aromatic rings. The molecule has 0 spiro atoms. The molecule has 0 aliphatic carbocycles. The Hall–Kier alpha value is -1.82. The summed E-state index contributed by atoms with van der Waals surface area (Å²) in [6.07, 6.45) is -0.984. The van der Waals surface area contributed by atoms with Gasteiger partial charge in [0.1, 0.15) is 6.10 Å². The van der Waals surface area contributed by atoms with Crippen LogP contribution in [-0.4, -0.2) is 63.6 Å². The van der Waals surface area contributed by atoms with Crippen LogP contribution in [0.15, 0.2) is 6.07 Å². The third-order valence-corrected chi connectivity index (χ3v) is 4.47. The van der Waals surface area contributed by atoms with Crippen LogP contribution in [0.5, 0.6) is 0 Å². The molecule has 6 nitrogen and oxygen atoms in total. The first-order valence-electron chi connectivity index (χ1n) is 8.18. The number of rotatable bonds is 3. The molecule has 2 amide bonds. The highest BCUT2D eigenvalue weighted by Crippen LogP contribution is 2.22. The first-order valence-corrected chi connectivity index (χ1v) is 8.18. The summed E-state index contributed by atoms with van der Waals surface area (Å²) >= 11 is 0. The van der Waals surface area contributed by atoms with E-state index in [0.29, 0.717) is 32.2 Å². The van der Waals surface area contributed by atoms with Crippen molar-refractivity contribution in [2.24, 2.45) is 0 Å². The minimum atomic E-state index is -0.984. The van der Waals surface area contributed by atoms with Crippen LogP contribution in [0.2, 0.25) is 0 Å². The fraction of sp³-hybridized carbons (Fsp3) is 0.647. The Kier molecular flexibility index (Phi) is 5.14. The smallest absolute Gasteiger partial charge is 0.255 e. The maximum absolute atomic E-state index is 12.8. The summed E-state index contributed by atoms with van der Waals surface area (Å²) in [7, 11) is 0. The average molecular weight is 321 g/mol. The van der Waals surface area contributed by atoms with Gasteiger partial charge in [0, 0.05) is 43.6 Å². The van der Waals surface area contributed by atoms with Gasteiger partial charge in [-0.25, -0.2) is 0 Å². The third-order valence-electron chi connectivity index (χ3n) is 4.47. The van der Waals surface area contributed by atoms with Crippen LogP contribution < -0.4 is 0 Å². The summed E-state index contributed by atoms with van der Waals surface area (Å²) in [4.78, 5) is 28.0. The lowest BCUT2D eigenvalue weighted by atomic mass is 10.2. The molecule has 0 aromatic carbocycles. The number of aliphatic hydroxyl groups is 1. The number of nitrogens with zero attached hydrogens (tertiary/aromatic N) is 3. The summed E-state index contributed by atoms with van der Waals surface area (Å²) < 4.78 is 2.17. The predicted molar refractivity (Wildman–Crippen MR) is 88.5 cm³/mol. The zero-order valence-corrected chi connectivity index (χ0v) is 14.7. The molecule has 1 unspecified atom stereocenters. The van der Waals surface area contributed by atoms with Gasteiger partial charge in [-0.05, 0) is 40.7 Å². The molecule has 0 radical (unpaired) electrons. The fourth-order valence-corrected chi connectivity index (χ4v) is 3.35. The number of carbonyl (C=O) groups is 2. The van der Waals surface area contributed by atoms with Gasteiger partial charge in [0.15, 0.2) is 0 Å². The van der Waals surface area contributed by atoms with Crippen LogP contribution in [0.3, 0.4) is 0 Å². The maximum Gasteiger partial charge on any atom is 0.255 e. The van der Waals surface area contributed by atoms with E-state index in [1.54, 1.807) is 9.80 Å². The van der Waals surface area contributed by atoms with E-state index in [2.05, 4.69) is 18.4 Å². The molecule has 6 heteroatoms. The van der Waals surface area contributed by atoms with Crippen molar-refractivity contribution in [1.29, 1.82) is 0 Å². The first-order chi connectivity index (χ1) is 10.7. The second-order valence-corrected chi connectivity index (χ2v) is 6.54. The zero-order valence-electron chi connectivity index (χ0n) is 14.7. The molecular weight excluding hydrogens is 294 g/mol. The van der Waals surface area contributed by atoms with Crippen molar-refractivity contribution in [2.45, 2.75) is 46.8 Å². The van der Waals surface area contributed by atoms with Gasteiger partial charge < -0.3 is 19.5 Å². The van der Waals surface area contributed by atoms with Gasteiger partial charge in [0.2, 0.25) is 0 Å². The summed E-state index contributed by atoms with van der Waals surface area (Å²) in [6.45, 7) is 11.6. The van der Waals surface area contributed by atoms with Crippen molar-refractivity contribution in [2.75, 3.05) is 26.2 Å². The number of hydrogen-bond acceptors (Lipinski definition) is 3. The minimum absolute atomic E-state index is 0.0224. The van der Waals surface area contributed by atoms with Crippen molar-refractivity contribution in [3.8, 4) is 0 Å². The fourth-order valence-electron chi connectivity index (χ4n) is 3.35. The van der Waals surface area contributed by atoms with Gasteiger partial charge in [0.05, 0.1) is 5.56 Å². The number of aryl methyl sites for hydroxylation is 1. The number of amides is 2. The molecule has 23 heavy (non-hydrogen) atoms. The lowest BCUT2D eigenvalue weighted by Crippen LogP contribution is -2.52. The summed E-state index contributed by atoms with van der Waals surface area (Å²) in [5.41, 5.74) is 2.82. The molecule has 1 aliphatic heterocycles. The molecule has 2 rings (SSSR count). The van der Waals surface area contributed by atoms with Crippen molar-refractivity contribution < 1.29 is 14.7 Å². The van der Waals surface area contributed by atoms with Crippen LogP contribution in [0, 0.1) is 13.8 Å². The molecule has 0 saturated carbocycles. The molecule has 2 heterocycles. The molecule has 0 bridgehead atoms. The lowest BCUT2D eigenvalue weighted by Gasteiger charge is -2.35. The predicted octanol–water partition coefficient (Wildman–Crippen LogP) is 1.35. The van der Waals surface area contributed by atoms with E-state index >= 15 is 0 Å². The van der Waals surface area contributed by atoms with E-state index in [1.165, 1.54) is 6.92 Å². The SMILES string of the molecule is Cc1cc(C(=O)N2CCN(C(=O)C(C)O)CC2)c(C)n1C(C)C. The van der Waals surface area contributed by atoms with Crippen molar-refractivity contribution in [1.82, 2.24) is 14.4 Å². The van der Waals surface area contributed by atoms with Crippen molar-refractivity contribution in [3.05, 3.63) is 23.0 Å². The van der Waals surface area contributed by atoms with Crippen LogP contribution >= 0.6 is 0 Å². The van der Waals surface area contributed by atoms with Crippen LogP contribution in [0.1, 0.15) is 48.6 Å². The molecule has 1 aromatic heterocycles. The van der Waals surface area contributed by atoms with E-state index in [-0.39, 0.29) is 11.8 Å². The third kappa shape index (κ3) is 3.42. The maximum atomic E-state index is 12.8. The number of piperazine rings is 1. The topological polar surface area (TPSA) is 65.8 Å². The van der Waals surface area contributed by atoms with Gasteiger partial charge in [-0.2, -0.15) is 0 Å². The van der Waals surface area contributed by atoms with Gasteiger partial charge >= 0.3 is 0 Å². The molecular formula is C17H27N3O3. The highest BCUT2D eigenvalue weighted by Gasteiger charge is 2.28. The van der Waals surface area contributed by atoms with Gasteiger partial charge in [-0.15, -0.1) is 0 Å².